The minimum absolute atomic E-state index is 0.176. The zero-order valence-corrected chi connectivity index (χ0v) is 13.1. The van der Waals surface area contributed by atoms with Crippen molar-refractivity contribution in [3.63, 3.8) is 0 Å². The molecule has 7 heteroatoms. The molecule has 2 aromatic rings. The summed E-state index contributed by atoms with van der Waals surface area (Å²) in [5, 5.41) is 2.50. The van der Waals surface area contributed by atoms with Crippen LogP contribution in [0.1, 0.15) is 36.0 Å². The maximum Gasteiger partial charge on any atom is 0.258 e. The Morgan fingerprint density at radius 2 is 1.67 bits per heavy atom. The summed E-state index contributed by atoms with van der Waals surface area (Å²) in [7, 11) is 0. The number of carbonyl (C=O) groups excluding carboxylic acids is 1. The van der Waals surface area contributed by atoms with Crippen molar-refractivity contribution < 1.29 is 13.6 Å². The van der Waals surface area contributed by atoms with Crippen molar-refractivity contribution >= 4 is 17.5 Å². The number of benzene rings is 1. The highest BCUT2D eigenvalue weighted by Gasteiger charge is 2.14. The van der Waals surface area contributed by atoms with Crippen LogP contribution in [0.3, 0.4) is 0 Å². The number of aromatic nitrogens is 2. The lowest BCUT2D eigenvalue weighted by Gasteiger charge is -2.19. The van der Waals surface area contributed by atoms with Gasteiger partial charge in [0.25, 0.3) is 5.91 Å². The van der Waals surface area contributed by atoms with Crippen LogP contribution in [-0.4, -0.2) is 29.0 Å². The van der Waals surface area contributed by atoms with Gasteiger partial charge in [0, 0.05) is 37.2 Å². The number of hydrogen-bond donors (Lipinski definition) is 1. The van der Waals surface area contributed by atoms with Gasteiger partial charge in [-0.15, -0.1) is 0 Å². The van der Waals surface area contributed by atoms with Crippen molar-refractivity contribution in [1.29, 1.82) is 0 Å². The van der Waals surface area contributed by atoms with E-state index in [0.717, 1.165) is 38.1 Å². The van der Waals surface area contributed by atoms with E-state index >= 15 is 0 Å². The van der Waals surface area contributed by atoms with E-state index in [1.165, 1.54) is 31.3 Å². The SMILES string of the molecule is O=C(Nc1ccc(F)c(F)c1)c1cnc(N2CCCCCC2)nc1. The highest BCUT2D eigenvalue weighted by Crippen LogP contribution is 2.16. The van der Waals surface area contributed by atoms with Gasteiger partial charge in [0.1, 0.15) is 0 Å². The van der Waals surface area contributed by atoms with Crippen LogP contribution in [0.2, 0.25) is 0 Å². The molecule has 0 bridgehead atoms. The Labute approximate surface area is 138 Å². The Bertz CT molecular complexity index is 713. The third-order valence-corrected chi connectivity index (χ3v) is 3.97. The second kappa shape index (κ2) is 7.33. The molecule has 1 amide bonds. The number of nitrogens with zero attached hydrogens (tertiary/aromatic N) is 3. The van der Waals surface area contributed by atoms with Gasteiger partial charge in [-0.3, -0.25) is 4.79 Å². The highest BCUT2D eigenvalue weighted by molar-refractivity contribution is 6.03. The van der Waals surface area contributed by atoms with Crippen molar-refractivity contribution in [1.82, 2.24) is 9.97 Å². The number of halogens is 2. The summed E-state index contributed by atoms with van der Waals surface area (Å²) in [6, 6.07) is 3.19. The quantitative estimate of drug-likeness (QED) is 0.936. The summed E-state index contributed by atoms with van der Waals surface area (Å²) < 4.78 is 26.1. The van der Waals surface area contributed by atoms with Gasteiger partial charge in [-0.05, 0) is 25.0 Å². The van der Waals surface area contributed by atoms with Crippen molar-refractivity contribution in [3.8, 4) is 0 Å². The largest absolute Gasteiger partial charge is 0.341 e. The van der Waals surface area contributed by atoms with Crippen LogP contribution in [0.4, 0.5) is 20.4 Å². The average Bonchev–Trinajstić information content (AvgIpc) is 2.88. The predicted octanol–water partition coefficient (Wildman–Crippen LogP) is 3.39. The molecule has 1 saturated heterocycles. The number of carbonyl (C=O) groups is 1. The van der Waals surface area contributed by atoms with Gasteiger partial charge in [-0.1, -0.05) is 12.8 Å². The molecule has 0 radical (unpaired) electrons. The average molecular weight is 332 g/mol. The van der Waals surface area contributed by atoms with Gasteiger partial charge < -0.3 is 10.2 Å². The minimum atomic E-state index is -1.01. The molecule has 126 valence electrons. The van der Waals surface area contributed by atoms with E-state index in [0.29, 0.717) is 5.95 Å². The topological polar surface area (TPSA) is 58.1 Å². The van der Waals surface area contributed by atoms with E-state index in [9.17, 15) is 13.6 Å². The minimum Gasteiger partial charge on any atom is -0.341 e. The first kappa shape index (κ1) is 16.3. The first-order valence-corrected chi connectivity index (χ1v) is 7.97. The van der Waals surface area contributed by atoms with E-state index in [1.807, 2.05) is 0 Å². The maximum atomic E-state index is 13.2. The van der Waals surface area contributed by atoms with Gasteiger partial charge in [0.15, 0.2) is 11.6 Å². The molecule has 1 aromatic heterocycles. The lowest BCUT2D eigenvalue weighted by atomic mass is 10.2. The molecule has 1 aromatic carbocycles. The molecule has 0 atom stereocenters. The normalized spacial score (nSPS) is 15.0. The molecular formula is C17H18F2N4O. The molecule has 1 N–H and O–H groups in total. The lowest BCUT2D eigenvalue weighted by molar-refractivity contribution is 0.102. The fourth-order valence-corrected chi connectivity index (χ4v) is 2.65. The number of rotatable bonds is 3. The van der Waals surface area contributed by atoms with Crippen LogP contribution in [0.25, 0.3) is 0 Å². The Balaban J connectivity index is 1.68. The fraction of sp³-hybridized carbons (Fsp3) is 0.353. The molecule has 1 aliphatic rings. The zero-order valence-electron chi connectivity index (χ0n) is 13.1. The third kappa shape index (κ3) is 3.84. The summed E-state index contributed by atoms with van der Waals surface area (Å²) in [6.45, 7) is 1.83. The van der Waals surface area contributed by atoms with Crippen molar-refractivity contribution in [2.24, 2.45) is 0 Å². The molecule has 5 nitrogen and oxygen atoms in total. The standard InChI is InChI=1S/C17H18F2N4O/c18-14-6-5-13(9-15(14)19)22-16(24)12-10-20-17(21-11-12)23-7-3-1-2-4-8-23/h5-6,9-11H,1-4,7-8H2,(H,22,24). The van der Waals surface area contributed by atoms with Crippen LogP contribution in [0.5, 0.6) is 0 Å². The molecule has 1 aliphatic heterocycles. The van der Waals surface area contributed by atoms with E-state index < -0.39 is 17.5 Å². The van der Waals surface area contributed by atoms with Gasteiger partial charge in [-0.2, -0.15) is 0 Å². The van der Waals surface area contributed by atoms with Gasteiger partial charge >= 0.3 is 0 Å². The van der Waals surface area contributed by atoms with Crippen molar-refractivity contribution in [2.75, 3.05) is 23.3 Å². The number of anilines is 2. The number of nitrogens with one attached hydrogen (secondary N) is 1. The smallest absolute Gasteiger partial charge is 0.258 e. The molecule has 2 heterocycles. The molecule has 1 fully saturated rings. The third-order valence-electron chi connectivity index (χ3n) is 3.97. The Hall–Kier alpha value is -2.57. The zero-order chi connectivity index (χ0) is 16.9. The Morgan fingerprint density at radius 3 is 2.29 bits per heavy atom. The van der Waals surface area contributed by atoms with E-state index in [-0.39, 0.29) is 11.3 Å². The second-order valence-corrected chi connectivity index (χ2v) is 5.76. The van der Waals surface area contributed by atoms with Gasteiger partial charge in [0.05, 0.1) is 5.56 Å². The van der Waals surface area contributed by atoms with E-state index in [2.05, 4.69) is 20.2 Å². The van der Waals surface area contributed by atoms with E-state index in [4.69, 9.17) is 0 Å². The predicted molar refractivity (Wildman–Crippen MR) is 87.0 cm³/mol. The van der Waals surface area contributed by atoms with Crippen LogP contribution < -0.4 is 10.2 Å². The second-order valence-electron chi connectivity index (χ2n) is 5.76. The van der Waals surface area contributed by atoms with Gasteiger partial charge in [-0.25, -0.2) is 18.7 Å². The molecule has 0 saturated carbocycles. The van der Waals surface area contributed by atoms with Crippen molar-refractivity contribution in [2.45, 2.75) is 25.7 Å². The van der Waals surface area contributed by atoms with Crippen LogP contribution in [-0.2, 0) is 0 Å². The first-order chi connectivity index (χ1) is 11.6. The highest BCUT2D eigenvalue weighted by atomic mass is 19.2. The van der Waals surface area contributed by atoms with E-state index in [1.54, 1.807) is 0 Å². The number of amides is 1. The molecule has 24 heavy (non-hydrogen) atoms. The number of hydrogen-bond acceptors (Lipinski definition) is 4. The molecule has 0 spiro atoms. The molecular weight excluding hydrogens is 314 g/mol. The fourth-order valence-electron chi connectivity index (χ4n) is 2.65. The summed E-state index contributed by atoms with van der Waals surface area (Å²) in [6.07, 6.45) is 7.55. The molecule has 0 unspecified atom stereocenters. The van der Waals surface area contributed by atoms with Gasteiger partial charge in [0.2, 0.25) is 5.95 Å². The summed E-state index contributed by atoms with van der Waals surface area (Å²) in [5.41, 5.74) is 0.439. The lowest BCUT2D eigenvalue weighted by Crippen LogP contribution is -2.26. The Kier molecular flexibility index (Phi) is 4.98. The summed E-state index contributed by atoms with van der Waals surface area (Å²) >= 11 is 0. The van der Waals surface area contributed by atoms with Crippen LogP contribution >= 0.6 is 0 Å². The Morgan fingerprint density at radius 1 is 1.00 bits per heavy atom. The molecule has 0 aliphatic carbocycles. The maximum absolute atomic E-state index is 13.2. The first-order valence-electron chi connectivity index (χ1n) is 7.97. The summed E-state index contributed by atoms with van der Waals surface area (Å²) in [4.78, 5) is 22.8. The summed E-state index contributed by atoms with van der Waals surface area (Å²) in [5.74, 6) is -1.83. The molecule has 3 rings (SSSR count). The van der Waals surface area contributed by atoms with Crippen LogP contribution in [0, 0.1) is 11.6 Å². The van der Waals surface area contributed by atoms with Crippen molar-refractivity contribution in [3.05, 3.63) is 47.8 Å². The monoisotopic (exact) mass is 332 g/mol. The van der Waals surface area contributed by atoms with Crippen LogP contribution in [0.15, 0.2) is 30.6 Å².